The molecular weight excluding hydrogens is 186 g/mol. The lowest BCUT2D eigenvalue weighted by atomic mass is 9.86. The molecule has 0 radical (unpaired) electrons. The van der Waals surface area contributed by atoms with Gasteiger partial charge in [0.15, 0.2) is 0 Å². The van der Waals surface area contributed by atoms with Gasteiger partial charge in [0, 0.05) is 6.04 Å². The van der Waals surface area contributed by atoms with Crippen LogP contribution in [-0.4, -0.2) is 6.61 Å². The molecule has 0 aliphatic heterocycles. The first-order valence-corrected chi connectivity index (χ1v) is 5.74. The van der Waals surface area contributed by atoms with Gasteiger partial charge in [0.05, 0.1) is 6.61 Å². The van der Waals surface area contributed by atoms with Crippen LogP contribution in [0.4, 0.5) is 0 Å². The van der Waals surface area contributed by atoms with Crippen molar-refractivity contribution in [1.82, 2.24) is 0 Å². The van der Waals surface area contributed by atoms with Crippen molar-refractivity contribution in [2.24, 2.45) is 11.7 Å². The van der Waals surface area contributed by atoms with Crippen LogP contribution in [0.15, 0.2) is 24.3 Å². The maximum Gasteiger partial charge on any atom is 0.119 e. The largest absolute Gasteiger partial charge is 0.493 e. The second kappa shape index (κ2) is 4.67. The Morgan fingerprint density at radius 1 is 1.47 bits per heavy atom. The van der Waals surface area contributed by atoms with Gasteiger partial charge in [-0.05, 0) is 43.4 Å². The lowest BCUT2D eigenvalue weighted by Gasteiger charge is -2.25. The van der Waals surface area contributed by atoms with Crippen LogP contribution in [0.1, 0.15) is 37.8 Å². The van der Waals surface area contributed by atoms with Crippen molar-refractivity contribution in [3.05, 3.63) is 29.8 Å². The molecule has 2 heteroatoms. The SMILES string of the molecule is CC(N)c1cccc(OCC2CCC2)c1. The van der Waals surface area contributed by atoms with Crippen molar-refractivity contribution in [3.8, 4) is 5.75 Å². The normalized spacial score (nSPS) is 18.3. The van der Waals surface area contributed by atoms with Gasteiger partial charge in [0.25, 0.3) is 0 Å². The van der Waals surface area contributed by atoms with Crippen LogP contribution in [0, 0.1) is 5.92 Å². The maximum atomic E-state index is 5.82. The van der Waals surface area contributed by atoms with Gasteiger partial charge in [-0.1, -0.05) is 18.6 Å². The Kier molecular flexibility index (Phi) is 3.27. The molecule has 0 bridgehead atoms. The summed E-state index contributed by atoms with van der Waals surface area (Å²) < 4.78 is 5.75. The molecule has 1 aliphatic carbocycles. The zero-order valence-electron chi connectivity index (χ0n) is 9.28. The molecule has 1 unspecified atom stereocenters. The van der Waals surface area contributed by atoms with Gasteiger partial charge in [-0.2, -0.15) is 0 Å². The Balaban J connectivity index is 1.92. The topological polar surface area (TPSA) is 35.2 Å². The van der Waals surface area contributed by atoms with Crippen LogP contribution in [0.25, 0.3) is 0 Å². The average Bonchev–Trinajstić information content (AvgIpc) is 2.16. The summed E-state index contributed by atoms with van der Waals surface area (Å²) in [5.74, 6) is 1.74. The van der Waals surface area contributed by atoms with Gasteiger partial charge in [0.2, 0.25) is 0 Å². The van der Waals surface area contributed by atoms with Crippen LogP contribution in [0.2, 0.25) is 0 Å². The van der Waals surface area contributed by atoms with E-state index in [1.54, 1.807) is 0 Å². The Morgan fingerprint density at radius 3 is 2.87 bits per heavy atom. The summed E-state index contributed by atoms with van der Waals surface area (Å²) >= 11 is 0. The fourth-order valence-corrected chi connectivity index (χ4v) is 1.76. The Labute approximate surface area is 91.4 Å². The second-order valence-corrected chi connectivity index (χ2v) is 4.47. The first-order chi connectivity index (χ1) is 7.25. The fraction of sp³-hybridized carbons (Fsp3) is 0.538. The number of nitrogens with two attached hydrogens (primary N) is 1. The van der Waals surface area contributed by atoms with Crippen LogP contribution >= 0.6 is 0 Å². The molecule has 0 amide bonds. The van der Waals surface area contributed by atoms with Crippen molar-refractivity contribution in [1.29, 1.82) is 0 Å². The van der Waals surface area contributed by atoms with Gasteiger partial charge in [-0.25, -0.2) is 0 Å². The highest BCUT2D eigenvalue weighted by Gasteiger charge is 2.17. The summed E-state index contributed by atoms with van der Waals surface area (Å²) in [4.78, 5) is 0. The monoisotopic (exact) mass is 205 g/mol. The predicted octanol–water partition coefficient (Wildman–Crippen LogP) is 2.89. The number of hydrogen-bond donors (Lipinski definition) is 1. The Hall–Kier alpha value is -1.02. The molecule has 82 valence electrons. The number of ether oxygens (including phenoxy) is 1. The van der Waals surface area contributed by atoms with E-state index in [4.69, 9.17) is 10.5 Å². The van der Waals surface area contributed by atoms with E-state index in [0.29, 0.717) is 0 Å². The highest BCUT2D eigenvalue weighted by molar-refractivity contribution is 5.30. The van der Waals surface area contributed by atoms with Crippen molar-refractivity contribution in [2.75, 3.05) is 6.61 Å². The molecule has 0 spiro atoms. The molecule has 1 aromatic rings. The zero-order chi connectivity index (χ0) is 10.7. The maximum absolute atomic E-state index is 5.82. The first kappa shape index (κ1) is 10.5. The van der Waals surface area contributed by atoms with Gasteiger partial charge >= 0.3 is 0 Å². The third-order valence-corrected chi connectivity index (χ3v) is 3.09. The zero-order valence-corrected chi connectivity index (χ0v) is 9.28. The molecule has 2 rings (SSSR count). The number of benzene rings is 1. The van der Waals surface area contributed by atoms with Crippen LogP contribution < -0.4 is 10.5 Å². The van der Waals surface area contributed by atoms with Crippen LogP contribution in [0.5, 0.6) is 5.75 Å². The lowest BCUT2D eigenvalue weighted by Crippen LogP contribution is -2.19. The van der Waals surface area contributed by atoms with E-state index in [9.17, 15) is 0 Å². The molecule has 15 heavy (non-hydrogen) atoms. The Bertz CT molecular complexity index is 318. The molecule has 0 saturated heterocycles. The van der Waals surface area contributed by atoms with Gasteiger partial charge in [0.1, 0.15) is 5.75 Å². The fourth-order valence-electron chi connectivity index (χ4n) is 1.76. The minimum absolute atomic E-state index is 0.0808. The molecule has 2 nitrogen and oxygen atoms in total. The second-order valence-electron chi connectivity index (χ2n) is 4.47. The van der Waals surface area contributed by atoms with Gasteiger partial charge in [-0.3, -0.25) is 0 Å². The standard InChI is InChI=1S/C13H19NO/c1-10(14)12-6-3-7-13(8-12)15-9-11-4-2-5-11/h3,6-8,10-11H,2,4-5,9,14H2,1H3. The predicted molar refractivity (Wildman–Crippen MR) is 61.9 cm³/mol. The molecule has 1 aromatic carbocycles. The molecule has 1 aliphatic rings. The average molecular weight is 205 g/mol. The van der Waals surface area contributed by atoms with Crippen LogP contribution in [0.3, 0.4) is 0 Å². The number of rotatable bonds is 4. The van der Waals surface area contributed by atoms with E-state index in [1.165, 1.54) is 19.3 Å². The molecule has 1 fully saturated rings. The first-order valence-electron chi connectivity index (χ1n) is 5.74. The van der Waals surface area contributed by atoms with E-state index in [0.717, 1.165) is 23.8 Å². The van der Waals surface area contributed by atoms with Crippen molar-refractivity contribution in [2.45, 2.75) is 32.2 Å². The van der Waals surface area contributed by atoms with E-state index in [-0.39, 0.29) is 6.04 Å². The highest BCUT2D eigenvalue weighted by Crippen LogP contribution is 2.27. The van der Waals surface area contributed by atoms with Gasteiger partial charge < -0.3 is 10.5 Å². The molecule has 0 heterocycles. The highest BCUT2D eigenvalue weighted by atomic mass is 16.5. The van der Waals surface area contributed by atoms with Gasteiger partial charge in [-0.15, -0.1) is 0 Å². The molecule has 2 N–H and O–H groups in total. The van der Waals surface area contributed by atoms with Crippen LogP contribution in [-0.2, 0) is 0 Å². The van der Waals surface area contributed by atoms with Crippen molar-refractivity contribution in [3.63, 3.8) is 0 Å². The lowest BCUT2D eigenvalue weighted by molar-refractivity contribution is 0.180. The third kappa shape index (κ3) is 2.72. The van der Waals surface area contributed by atoms with Crippen molar-refractivity contribution >= 4 is 0 Å². The number of hydrogen-bond acceptors (Lipinski definition) is 2. The molecular formula is C13H19NO. The van der Waals surface area contributed by atoms with E-state index in [2.05, 4.69) is 0 Å². The third-order valence-electron chi connectivity index (χ3n) is 3.09. The summed E-state index contributed by atoms with van der Waals surface area (Å²) in [6.45, 7) is 2.85. The van der Waals surface area contributed by atoms with E-state index >= 15 is 0 Å². The quantitative estimate of drug-likeness (QED) is 0.820. The van der Waals surface area contributed by atoms with E-state index < -0.39 is 0 Å². The molecule has 1 saturated carbocycles. The summed E-state index contributed by atoms with van der Waals surface area (Å²) in [6.07, 6.45) is 4.02. The Morgan fingerprint density at radius 2 is 2.27 bits per heavy atom. The molecule has 0 aromatic heterocycles. The summed E-state index contributed by atoms with van der Waals surface area (Å²) in [7, 11) is 0. The van der Waals surface area contributed by atoms with E-state index in [1.807, 2.05) is 31.2 Å². The van der Waals surface area contributed by atoms with Crippen molar-refractivity contribution < 1.29 is 4.74 Å². The molecule has 1 atom stereocenters. The minimum Gasteiger partial charge on any atom is -0.493 e. The summed E-state index contributed by atoms with van der Waals surface area (Å²) in [5, 5.41) is 0. The smallest absolute Gasteiger partial charge is 0.119 e. The minimum atomic E-state index is 0.0808. The summed E-state index contributed by atoms with van der Waals surface area (Å²) in [5.41, 5.74) is 6.96. The summed E-state index contributed by atoms with van der Waals surface area (Å²) in [6, 6.07) is 8.18.